The monoisotopic (exact) mass is 384 g/mol. The Kier molecular flexibility index (Phi) is 22.4. The summed E-state index contributed by atoms with van der Waals surface area (Å²) in [6.07, 6.45) is 21.7. The van der Waals surface area contributed by atoms with Crippen molar-refractivity contribution < 1.29 is 19.0 Å². The Bertz CT molecular complexity index is 328. The summed E-state index contributed by atoms with van der Waals surface area (Å²) in [6.45, 7) is 4.17. The fourth-order valence-corrected chi connectivity index (χ4v) is 2.87. The maximum atomic E-state index is 11.6. The Morgan fingerprint density at radius 1 is 0.704 bits per heavy atom. The molecule has 160 valence electrons. The minimum atomic E-state index is -0.108. The SMILES string of the molecule is CCCCCCCC/C=C\CCCCCCCC(=O)OCCOCCOC. The third kappa shape index (κ3) is 23.1. The highest BCUT2D eigenvalue weighted by Gasteiger charge is 2.02. The van der Waals surface area contributed by atoms with Crippen LogP contribution in [0, 0.1) is 0 Å². The first-order chi connectivity index (χ1) is 13.3. The van der Waals surface area contributed by atoms with E-state index in [0.717, 1.165) is 12.8 Å². The van der Waals surface area contributed by atoms with Crippen LogP contribution in [-0.4, -0.2) is 39.5 Å². The van der Waals surface area contributed by atoms with Crippen LogP contribution in [-0.2, 0) is 19.0 Å². The zero-order chi connectivity index (χ0) is 19.8. The molecule has 0 unspecified atom stereocenters. The molecule has 0 heterocycles. The number of hydrogen-bond acceptors (Lipinski definition) is 4. The fraction of sp³-hybridized carbons (Fsp3) is 0.870. The number of rotatable bonds is 21. The van der Waals surface area contributed by atoms with Crippen molar-refractivity contribution in [3.8, 4) is 0 Å². The van der Waals surface area contributed by atoms with Gasteiger partial charge in [0.25, 0.3) is 0 Å². The van der Waals surface area contributed by atoms with Gasteiger partial charge in [-0.15, -0.1) is 0 Å². The molecule has 27 heavy (non-hydrogen) atoms. The van der Waals surface area contributed by atoms with Gasteiger partial charge in [0.2, 0.25) is 0 Å². The molecule has 0 radical (unpaired) electrons. The molecule has 0 fully saturated rings. The van der Waals surface area contributed by atoms with E-state index >= 15 is 0 Å². The van der Waals surface area contributed by atoms with Crippen molar-refractivity contribution >= 4 is 5.97 Å². The molecule has 0 atom stereocenters. The number of esters is 1. The summed E-state index contributed by atoms with van der Waals surface area (Å²) in [6, 6.07) is 0. The molecular weight excluding hydrogens is 340 g/mol. The van der Waals surface area contributed by atoms with Crippen molar-refractivity contribution in [2.24, 2.45) is 0 Å². The second kappa shape index (κ2) is 23.2. The van der Waals surface area contributed by atoms with Crippen molar-refractivity contribution in [2.75, 3.05) is 33.5 Å². The van der Waals surface area contributed by atoms with Crippen molar-refractivity contribution in [1.29, 1.82) is 0 Å². The molecule has 0 bridgehead atoms. The van der Waals surface area contributed by atoms with E-state index in [1.807, 2.05) is 0 Å². The van der Waals surface area contributed by atoms with Crippen LogP contribution in [0.4, 0.5) is 0 Å². The second-order valence-electron chi connectivity index (χ2n) is 7.16. The number of methoxy groups -OCH3 is 1. The van der Waals surface area contributed by atoms with Gasteiger partial charge in [-0.2, -0.15) is 0 Å². The Balaban J connectivity index is 3.19. The van der Waals surface area contributed by atoms with Gasteiger partial charge >= 0.3 is 5.97 Å². The van der Waals surface area contributed by atoms with Gasteiger partial charge in [-0.05, 0) is 32.1 Å². The maximum Gasteiger partial charge on any atom is 0.305 e. The first-order valence-corrected chi connectivity index (χ1v) is 11.2. The number of unbranched alkanes of at least 4 members (excludes halogenated alkanes) is 11. The zero-order valence-electron chi connectivity index (χ0n) is 18.0. The lowest BCUT2D eigenvalue weighted by Crippen LogP contribution is -2.12. The molecule has 4 nitrogen and oxygen atoms in total. The molecule has 0 aliphatic heterocycles. The van der Waals surface area contributed by atoms with Gasteiger partial charge in [-0.25, -0.2) is 0 Å². The lowest BCUT2D eigenvalue weighted by Gasteiger charge is -2.06. The van der Waals surface area contributed by atoms with E-state index in [9.17, 15) is 4.79 Å². The van der Waals surface area contributed by atoms with E-state index < -0.39 is 0 Å². The van der Waals surface area contributed by atoms with Gasteiger partial charge in [-0.3, -0.25) is 4.79 Å². The van der Waals surface area contributed by atoms with Crippen LogP contribution >= 0.6 is 0 Å². The van der Waals surface area contributed by atoms with Crippen LogP contribution in [0.2, 0.25) is 0 Å². The molecule has 0 aromatic rings. The van der Waals surface area contributed by atoms with Crippen molar-refractivity contribution in [2.45, 2.75) is 96.8 Å². The highest BCUT2D eigenvalue weighted by Crippen LogP contribution is 2.10. The van der Waals surface area contributed by atoms with Crippen LogP contribution in [0.3, 0.4) is 0 Å². The molecule has 0 amide bonds. The van der Waals surface area contributed by atoms with Gasteiger partial charge in [0, 0.05) is 13.5 Å². The van der Waals surface area contributed by atoms with Crippen LogP contribution in [0.25, 0.3) is 0 Å². The molecule has 0 N–H and O–H groups in total. The summed E-state index contributed by atoms with van der Waals surface area (Å²) in [7, 11) is 1.64. The molecule has 0 aliphatic rings. The molecule has 0 aromatic carbocycles. The maximum absolute atomic E-state index is 11.6. The number of allylic oxidation sites excluding steroid dienone is 2. The molecule has 0 rings (SSSR count). The Hall–Kier alpha value is -0.870. The average molecular weight is 385 g/mol. The molecule has 0 aromatic heterocycles. The molecule has 0 spiro atoms. The second-order valence-corrected chi connectivity index (χ2v) is 7.16. The Morgan fingerprint density at radius 2 is 1.26 bits per heavy atom. The van der Waals surface area contributed by atoms with Gasteiger partial charge in [0.1, 0.15) is 6.61 Å². The normalized spacial score (nSPS) is 11.3. The predicted molar refractivity (Wildman–Crippen MR) is 113 cm³/mol. The average Bonchev–Trinajstić information content (AvgIpc) is 2.67. The third-order valence-electron chi connectivity index (χ3n) is 4.57. The lowest BCUT2D eigenvalue weighted by atomic mass is 10.1. The minimum absolute atomic E-state index is 0.108. The molecule has 0 saturated heterocycles. The highest BCUT2D eigenvalue weighted by molar-refractivity contribution is 5.69. The first kappa shape index (κ1) is 26.1. The topological polar surface area (TPSA) is 44.8 Å². The fourth-order valence-electron chi connectivity index (χ4n) is 2.87. The lowest BCUT2D eigenvalue weighted by molar-refractivity contribution is -0.145. The number of carbonyl (C=O) groups is 1. The Morgan fingerprint density at radius 3 is 1.89 bits per heavy atom. The van der Waals surface area contributed by atoms with Crippen molar-refractivity contribution in [3.05, 3.63) is 12.2 Å². The van der Waals surface area contributed by atoms with Gasteiger partial charge in [0.15, 0.2) is 0 Å². The van der Waals surface area contributed by atoms with Gasteiger partial charge in [0.05, 0.1) is 19.8 Å². The van der Waals surface area contributed by atoms with Gasteiger partial charge in [-0.1, -0.05) is 70.4 Å². The summed E-state index contributed by atoms with van der Waals surface area (Å²) < 4.78 is 15.2. The van der Waals surface area contributed by atoms with E-state index in [-0.39, 0.29) is 5.97 Å². The molecule has 4 heteroatoms. The van der Waals surface area contributed by atoms with E-state index in [0.29, 0.717) is 32.8 Å². The summed E-state index contributed by atoms with van der Waals surface area (Å²) in [5.41, 5.74) is 0. The van der Waals surface area contributed by atoms with E-state index in [2.05, 4.69) is 19.1 Å². The van der Waals surface area contributed by atoms with Gasteiger partial charge < -0.3 is 14.2 Å². The van der Waals surface area contributed by atoms with E-state index in [4.69, 9.17) is 14.2 Å². The summed E-state index contributed by atoms with van der Waals surface area (Å²) in [4.78, 5) is 11.6. The third-order valence-corrected chi connectivity index (χ3v) is 4.57. The van der Waals surface area contributed by atoms with Crippen LogP contribution in [0.15, 0.2) is 12.2 Å². The minimum Gasteiger partial charge on any atom is -0.463 e. The van der Waals surface area contributed by atoms with Crippen LogP contribution < -0.4 is 0 Å². The number of ether oxygens (including phenoxy) is 3. The number of hydrogen-bond donors (Lipinski definition) is 0. The Labute approximate surface area is 168 Å². The zero-order valence-corrected chi connectivity index (χ0v) is 18.0. The quantitative estimate of drug-likeness (QED) is 0.134. The molecule has 0 aliphatic carbocycles. The van der Waals surface area contributed by atoms with Crippen LogP contribution in [0.1, 0.15) is 96.8 Å². The smallest absolute Gasteiger partial charge is 0.305 e. The predicted octanol–water partition coefficient (Wildman–Crippen LogP) is 6.23. The largest absolute Gasteiger partial charge is 0.463 e. The highest BCUT2D eigenvalue weighted by atomic mass is 16.6. The van der Waals surface area contributed by atoms with Crippen molar-refractivity contribution in [1.82, 2.24) is 0 Å². The standard InChI is InChI=1S/C23H44O4/c1-3-4-5-6-7-8-9-10-11-12-13-14-15-16-17-18-23(24)27-22-21-26-20-19-25-2/h10-11H,3-9,12-22H2,1-2H3/b11-10-. The van der Waals surface area contributed by atoms with Crippen LogP contribution in [0.5, 0.6) is 0 Å². The van der Waals surface area contributed by atoms with Crippen molar-refractivity contribution in [3.63, 3.8) is 0 Å². The number of carbonyl (C=O) groups excluding carboxylic acids is 1. The summed E-state index contributed by atoms with van der Waals surface area (Å²) in [5, 5.41) is 0. The van der Waals surface area contributed by atoms with E-state index in [1.54, 1.807) is 7.11 Å². The first-order valence-electron chi connectivity index (χ1n) is 11.2. The van der Waals surface area contributed by atoms with E-state index in [1.165, 1.54) is 70.6 Å². The molecule has 0 saturated carbocycles. The summed E-state index contributed by atoms with van der Waals surface area (Å²) >= 11 is 0. The molecular formula is C23H44O4. The summed E-state index contributed by atoms with van der Waals surface area (Å²) in [5.74, 6) is -0.108.